The van der Waals surface area contributed by atoms with Crippen LogP contribution in [0.15, 0.2) is 0 Å². The van der Waals surface area contributed by atoms with E-state index < -0.39 is 15.3 Å². The molecule has 1 saturated carbocycles. The van der Waals surface area contributed by atoms with E-state index in [4.69, 9.17) is 5.26 Å². The summed E-state index contributed by atoms with van der Waals surface area (Å²) in [5.74, 6) is 0. The number of sulfonamides is 1. The molecule has 16 heavy (non-hydrogen) atoms. The molecule has 1 fully saturated rings. The van der Waals surface area contributed by atoms with Crippen molar-refractivity contribution in [2.75, 3.05) is 13.2 Å². The van der Waals surface area contributed by atoms with Gasteiger partial charge in [-0.05, 0) is 19.8 Å². The van der Waals surface area contributed by atoms with Crippen molar-refractivity contribution in [3.05, 3.63) is 0 Å². The number of hydrogen-bond acceptors (Lipinski definition) is 4. The van der Waals surface area contributed by atoms with Crippen LogP contribution in [0, 0.1) is 16.7 Å². The van der Waals surface area contributed by atoms with E-state index in [9.17, 15) is 13.5 Å². The Morgan fingerprint density at radius 3 is 2.50 bits per heavy atom. The third kappa shape index (κ3) is 2.94. The predicted octanol–water partition coefficient (Wildman–Crippen LogP) is 0.371. The summed E-state index contributed by atoms with van der Waals surface area (Å²) >= 11 is 0. The van der Waals surface area contributed by atoms with Crippen molar-refractivity contribution in [3.63, 3.8) is 0 Å². The molecule has 92 valence electrons. The first-order valence-corrected chi connectivity index (χ1v) is 6.99. The second kappa shape index (κ2) is 5.13. The van der Waals surface area contributed by atoms with Crippen LogP contribution >= 0.6 is 0 Å². The van der Waals surface area contributed by atoms with Crippen LogP contribution in [0.3, 0.4) is 0 Å². The average molecular weight is 246 g/mol. The molecule has 1 unspecified atom stereocenters. The number of aliphatic hydroxyl groups is 1. The zero-order chi connectivity index (χ0) is 12.2. The van der Waals surface area contributed by atoms with Gasteiger partial charge in [0.1, 0.15) is 0 Å². The summed E-state index contributed by atoms with van der Waals surface area (Å²) in [4.78, 5) is 0. The predicted molar refractivity (Wildman–Crippen MR) is 60.0 cm³/mol. The maximum absolute atomic E-state index is 11.6. The van der Waals surface area contributed by atoms with E-state index in [1.165, 1.54) is 6.92 Å². The lowest BCUT2D eigenvalue weighted by Crippen LogP contribution is -2.41. The van der Waals surface area contributed by atoms with Gasteiger partial charge in [-0.2, -0.15) is 5.26 Å². The van der Waals surface area contributed by atoms with Crippen LogP contribution in [0.5, 0.6) is 0 Å². The van der Waals surface area contributed by atoms with Gasteiger partial charge in [-0.1, -0.05) is 12.8 Å². The Hall–Kier alpha value is -0.640. The highest BCUT2D eigenvalue weighted by atomic mass is 32.2. The monoisotopic (exact) mass is 246 g/mol. The third-order valence-corrected chi connectivity index (χ3v) is 4.88. The van der Waals surface area contributed by atoms with Gasteiger partial charge in [0.15, 0.2) is 5.25 Å². The van der Waals surface area contributed by atoms with Gasteiger partial charge in [0.25, 0.3) is 0 Å². The smallest absolute Gasteiger partial charge is 0.227 e. The number of nitrogens with one attached hydrogen (secondary N) is 1. The summed E-state index contributed by atoms with van der Waals surface area (Å²) in [5.41, 5.74) is -0.317. The Morgan fingerprint density at radius 2 is 2.06 bits per heavy atom. The topological polar surface area (TPSA) is 90.2 Å². The molecular weight excluding hydrogens is 228 g/mol. The standard InChI is InChI=1S/C10H18N2O3S/c1-9(6-11)16(14,15)12-7-10(8-13)4-2-3-5-10/h9,12-13H,2-5,7-8H2,1H3. The Labute approximate surface area is 96.5 Å². The van der Waals surface area contributed by atoms with E-state index in [0.717, 1.165) is 25.7 Å². The molecule has 0 aliphatic heterocycles. The van der Waals surface area contributed by atoms with E-state index in [0.29, 0.717) is 0 Å². The van der Waals surface area contributed by atoms with E-state index in [1.807, 2.05) is 0 Å². The summed E-state index contributed by atoms with van der Waals surface area (Å²) in [6, 6.07) is 1.70. The molecule has 1 atom stereocenters. The second-order valence-electron chi connectivity index (χ2n) is 4.50. The number of nitrogens with zero attached hydrogens (tertiary/aromatic N) is 1. The number of nitriles is 1. The summed E-state index contributed by atoms with van der Waals surface area (Å²) in [6.07, 6.45) is 3.73. The van der Waals surface area contributed by atoms with E-state index in [-0.39, 0.29) is 18.6 Å². The summed E-state index contributed by atoms with van der Waals surface area (Å²) in [5, 5.41) is 16.8. The molecule has 1 aliphatic rings. The lowest BCUT2D eigenvalue weighted by Gasteiger charge is -2.26. The minimum Gasteiger partial charge on any atom is -0.396 e. The minimum absolute atomic E-state index is 0.00352. The lowest BCUT2D eigenvalue weighted by molar-refractivity contribution is 0.134. The van der Waals surface area contributed by atoms with Gasteiger partial charge in [-0.15, -0.1) is 0 Å². The number of hydrogen-bond donors (Lipinski definition) is 2. The molecule has 0 radical (unpaired) electrons. The molecule has 1 rings (SSSR count). The Bertz CT molecular complexity index is 366. The van der Waals surface area contributed by atoms with Gasteiger partial charge in [0.05, 0.1) is 6.07 Å². The molecule has 0 saturated heterocycles. The highest BCUT2D eigenvalue weighted by molar-refractivity contribution is 7.90. The van der Waals surface area contributed by atoms with Crippen molar-refractivity contribution in [1.82, 2.24) is 4.72 Å². The normalized spacial score (nSPS) is 21.6. The van der Waals surface area contributed by atoms with Gasteiger partial charge >= 0.3 is 0 Å². The van der Waals surface area contributed by atoms with Crippen LogP contribution in [0.25, 0.3) is 0 Å². The Kier molecular flexibility index (Phi) is 4.30. The maximum atomic E-state index is 11.6. The number of aliphatic hydroxyl groups excluding tert-OH is 1. The lowest BCUT2D eigenvalue weighted by atomic mass is 9.88. The van der Waals surface area contributed by atoms with Crippen LogP contribution in [-0.2, 0) is 10.0 Å². The third-order valence-electron chi connectivity index (χ3n) is 3.30. The van der Waals surface area contributed by atoms with E-state index >= 15 is 0 Å². The van der Waals surface area contributed by atoms with Gasteiger partial charge in [-0.3, -0.25) is 0 Å². The van der Waals surface area contributed by atoms with Gasteiger partial charge in [0.2, 0.25) is 10.0 Å². The first-order chi connectivity index (χ1) is 7.46. The van der Waals surface area contributed by atoms with Crippen molar-refractivity contribution in [2.45, 2.75) is 37.9 Å². The molecule has 0 aromatic carbocycles. The molecule has 0 amide bonds. The van der Waals surface area contributed by atoms with Gasteiger partial charge in [-0.25, -0.2) is 13.1 Å². The Balaban J connectivity index is 2.60. The Morgan fingerprint density at radius 1 is 1.50 bits per heavy atom. The van der Waals surface area contributed by atoms with Crippen molar-refractivity contribution in [2.24, 2.45) is 5.41 Å². The zero-order valence-corrected chi connectivity index (χ0v) is 10.3. The summed E-state index contributed by atoms with van der Waals surface area (Å²) in [6.45, 7) is 1.58. The minimum atomic E-state index is -3.57. The first kappa shape index (κ1) is 13.4. The van der Waals surface area contributed by atoms with Gasteiger partial charge < -0.3 is 5.11 Å². The van der Waals surface area contributed by atoms with Crippen LogP contribution in [0.1, 0.15) is 32.6 Å². The van der Waals surface area contributed by atoms with Crippen molar-refractivity contribution >= 4 is 10.0 Å². The SMILES string of the molecule is CC(C#N)S(=O)(=O)NCC1(CO)CCCC1. The van der Waals surface area contributed by atoms with E-state index in [1.54, 1.807) is 6.07 Å². The quantitative estimate of drug-likeness (QED) is 0.733. The number of rotatable bonds is 5. The first-order valence-electron chi connectivity index (χ1n) is 5.45. The fourth-order valence-electron chi connectivity index (χ4n) is 1.96. The fraction of sp³-hybridized carbons (Fsp3) is 0.900. The molecule has 0 bridgehead atoms. The largest absolute Gasteiger partial charge is 0.396 e. The van der Waals surface area contributed by atoms with Crippen molar-refractivity contribution in [3.8, 4) is 6.07 Å². The van der Waals surface area contributed by atoms with Crippen LogP contribution in [-0.4, -0.2) is 31.9 Å². The van der Waals surface area contributed by atoms with Crippen LogP contribution in [0.4, 0.5) is 0 Å². The fourth-order valence-corrected chi connectivity index (χ4v) is 2.86. The molecule has 0 heterocycles. The van der Waals surface area contributed by atoms with E-state index in [2.05, 4.69) is 4.72 Å². The molecule has 5 nitrogen and oxygen atoms in total. The van der Waals surface area contributed by atoms with Crippen LogP contribution < -0.4 is 4.72 Å². The van der Waals surface area contributed by atoms with Gasteiger partial charge in [0, 0.05) is 18.6 Å². The highest BCUT2D eigenvalue weighted by Gasteiger charge is 2.35. The molecule has 6 heteroatoms. The zero-order valence-electron chi connectivity index (χ0n) is 9.44. The van der Waals surface area contributed by atoms with Crippen molar-refractivity contribution < 1.29 is 13.5 Å². The average Bonchev–Trinajstić information content (AvgIpc) is 2.75. The molecule has 0 aromatic heterocycles. The van der Waals surface area contributed by atoms with Crippen LogP contribution in [0.2, 0.25) is 0 Å². The molecule has 0 spiro atoms. The summed E-state index contributed by atoms with van der Waals surface area (Å²) in [7, 11) is -3.57. The summed E-state index contributed by atoms with van der Waals surface area (Å²) < 4.78 is 25.6. The maximum Gasteiger partial charge on any atom is 0.227 e. The second-order valence-corrected chi connectivity index (χ2v) is 6.59. The molecule has 1 aliphatic carbocycles. The highest BCUT2D eigenvalue weighted by Crippen LogP contribution is 2.37. The van der Waals surface area contributed by atoms with Crippen molar-refractivity contribution in [1.29, 1.82) is 5.26 Å². The molecule has 2 N–H and O–H groups in total. The molecule has 0 aromatic rings. The molecular formula is C10H18N2O3S.